The molecule has 0 saturated carbocycles. The number of hydrogen-bond donors (Lipinski definition) is 1. The van der Waals surface area contributed by atoms with Gasteiger partial charge in [0, 0.05) is 18.3 Å². The van der Waals surface area contributed by atoms with E-state index >= 15 is 0 Å². The second kappa shape index (κ2) is 5.27. The van der Waals surface area contributed by atoms with Crippen LogP contribution in [0.4, 0.5) is 0 Å². The quantitative estimate of drug-likeness (QED) is 0.817. The molecule has 1 aromatic heterocycles. The number of ether oxygens (including phenoxy) is 2. The van der Waals surface area contributed by atoms with Gasteiger partial charge in [0.25, 0.3) is 0 Å². The molecule has 0 radical (unpaired) electrons. The summed E-state index contributed by atoms with van der Waals surface area (Å²) in [7, 11) is 0. The van der Waals surface area contributed by atoms with Gasteiger partial charge in [-0.05, 0) is 19.9 Å². The molecular weight excluding hydrogens is 204 g/mol. The molecule has 0 atom stereocenters. The summed E-state index contributed by atoms with van der Waals surface area (Å²) in [6.07, 6.45) is 1.91. The van der Waals surface area contributed by atoms with Crippen LogP contribution in [0.2, 0.25) is 0 Å². The summed E-state index contributed by atoms with van der Waals surface area (Å²) >= 11 is 0. The normalized spacial score (nSPS) is 16.2. The second-order valence-corrected chi connectivity index (χ2v) is 4.25. The number of nitrogens with zero attached hydrogens (tertiary/aromatic N) is 1. The highest BCUT2D eigenvalue weighted by Crippen LogP contribution is 2.16. The fraction of sp³-hybridized carbons (Fsp3) is 0.583. The number of rotatable bonds is 5. The van der Waals surface area contributed by atoms with E-state index in [9.17, 15) is 0 Å². The summed E-state index contributed by atoms with van der Waals surface area (Å²) in [5.41, 5.74) is 1.10. The predicted octanol–water partition coefficient (Wildman–Crippen LogP) is 1.36. The first kappa shape index (κ1) is 11.4. The molecule has 2 rings (SSSR count). The van der Waals surface area contributed by atoms with Gasteiger partial charge in [-0.3, -0.25) is 0 Å². The van der Waals surface area contributed by atoms with E-state index in [1.54, 1.807) is 6.20 Å². The van der Waals surface area contributed by atoms with Crippen molar-refractivity contribution in [1.29, 1.82) is 0 Å². The molecule has 0 spiro atoms. The average Bonchev–Trinajstić information content (AvgIpc) is 2.17. The van der Waals surface area contributed by atoms with Crippen molar-refractivity contribution in [1.82, 2.24) is 10.3 Å². The Morgan fingerprint density at radius 3 is 3.00 bits per heavy atom. The maximum absolute atomic E-state index is 5.65. The Balaban J connectivity index is 1.94. The van der Waals surface area contributed by atoms with Crippen LogP contribution in [-0.2, 0) is 11.3 Å². The third-order valence-electron chi connectivity index (χ3n) is 2.42. The van der Waals surface area contributed by atoms with Gasteiger partial charge in [-0.15, -0.1) is 0 Å². The SMILES string of the molecule is CC(C)Oc1ncccc1CNC1COC1. The molecule has 1 N–H and O–H groups in total. The molecule has 1 aliphatic rings. The first-order valence-electron chi connectivity index (χ1n) is 5.67. The zero-order valence-electron chi connectivity index (χ0n) is 9.77. The third-order valence-corrected chi connectivity index (χ3v) is 2.42. The van der Waals surface area contributed by atoms with E-state index in [0.717, 1.165) is 31.2 Å². The smallest absolute Gasteiger partial charge is 0.218 e. The minimum Gasteiger partial charge on any atom is -0.475 e. The van der Waals surface area contributed by atoms with Gasteiger partial charge in [-0.25, -0.2) is 4.98 Å². The minimum atomic E-state index is 0.153. The molecule has 1 fully saturated rings. The molecule has 0 aliphatic carbocycles. The predicted molar refractivity (Wildman–Crippen MR) is 61.4 cm³/mol. The summed E-state index contributed by atoms with van der Waals surface area (Å²) in [5.74, 6) is 0.727. The van der Waals surface area contributed by atoms with E-state index in [-0.39, 0.29) is 6.10 Å². The van der Waals surface area contributed by atoms with Crippen molar-refractivity contribution in [2.75, 3.05) is 13.2 Å². The van der Waals surface area contributed by atoms with Gasteiger partial charge in [-0.1, -0.05) is 6.07 Å². The van der Waals surface area contributed by atoms with Crippen LogP contribution in [0.25, 0.3) is 0 Å². The second-order valence-electron chi connectivity index (χ2n) is 4.25. The van der Waals surface area contributed by atoms with E-state index < -0.39 is 0 Å². The van der Waals surface area contributed by atoms with Gasteiger partial charge in [0.15, 0.2) is 0 Å². The molecule has 0 unspecified atom stereocenters. The molecule has 2 heterocycles. The summed E-state index contributed by atoms with van der Waals surface area (Å²) < 4.78 is 10.8. The van der Waals surface area contributed by atoms with E-state index in [2.05, 4.69) is 10.3 Å². The number of aromatic nitrogens is 1. The lowest BCUT2D eigenvalue weighted by atomic mass is 10.2. The topological polar surface area (TPSA) is 43.4 Å². The zero-order chi connectivity index (χ0) is 11.4. The van der Waals surface area contributed by atoms with Crippen LogP contribution < -0.4 is 10.1 Å². The van der Waals surface area contributed by atoms with Crippen molar-refractivity contribution in [2.24, 2.45) is 0 Å². The van der Waals surface area contributed by atoms with Crippen LogP contribution in [0.15, 0.2) is 18.3 Å². The van der Waals surface area contributed by atoms with Crippen LogP contribution in [-0.4, -0.2) is 30.3 Å². The monoisotopic (exact) mass is 222 g/mol. The molecule has 88 valence electrons. The molecule has 16 heavy (non-hydrogen) atoms. The number of nitrogens with one attached hydrogen (secondary N) is 1. The lowest BCUT2D eigenvalue weighted by molar-refractivity contribution is -0.00590. The van der Waals surface area contributed by atoms with Gasteiger partial charge in [-0.2, -0.15) is 0 Å². The molecule has 1 saturated heterocycles. The zero-order valence-corrected chi connectivity index (χ0v) is 9.77. The Morgan fingerprint density at radius 1 is 1.56 bits per heavy atom. The van der Waals surface area contributed by atoms with E-state index in [1.807, 2.05) is 26.0 Å². The lowest BCUT2D eigenvalue weighted by Gasteiger charge is -2.27. The Labute approximate surface area is 96.0 Å². The Hall–Kier alpha value is -1.13. The highest BCUT2D eigenvalue weighted by Gasteiger charge is 2.18. The molecule has 0 bridgehead atoms. The van der Waals surface area contributed by atoms with Gasteiger partial charge in [0.2, 0.25) is 5.88 Å². The van der Waals surface area contributed by atoms with E-state index in [0.29, 0.717) is 6.04 Å². The van der Waals surface area contributed by atoms with Gasteiger partial charge in [0.1, 0.15) is 0 Å². The Kier molecular flexibility index (Phi) is 3.74. The molecule has 0 amide bonds. The summed E-state index contributed by atoms with van der Waals surface area (Å²) in [6, 6.07) is 4.45. The number of hydrogen-bond acceptors (Lipinski definition) is 4. The highest BCUT2D eigenvalue weighted by atomic mass is 16.5. The molecular formula is C12H18N2O2. The van der Waals surface area contributed by atoms with E-state index in [4.69, 9.17) is 9.47 Å². The fourth-order valence-electron chi connectivity index (χ4n) is 1.50. The van der Waals surface area contributed by atoms with Crippen LogP contribution >= 0.6 is 0 Å². The molecule has 0 aromatic carbocycles. The summed E-state index contributed by atoms with van der Waals surface area (Å²) in [4.78, 5) is 4.25. The minimum absolute atomic E-state index is 0.153. The first-order chi connectivity index (χ1) is 7.75. The van der Waals surface area contributed by atoms with Crippen molar-refractivity contribution in [3.8, 4) is 5.88 Å². The van der Waals surface area contributed by atoms with Gasteiger partial charge in [0.05, 0.1) is 25.4 Å². The van der Waals surface area contributed by atoms with Crippen molar-refractivity contribution in [3.05, 3.63) is 23.9 Å². The van der Waals surface area contributed by atoms with Crippen molar-refractivity contribution >= 4 is 0 Å². The van der Waals surface area contributed by atoms with Crippen LogP contribution in [0.1, 0.15) is 19.4 Å². The summed E-state index contributed by atoms with van der Waals surface area (Å²) in [6.45, 7) is 6.41. The first-order valence-corrected chi connectivity index (χ1v) is 5.67. The molecule has 4 heteroatoms. The summed E-state index contributed by atoms with van der Waals surface area (Å²) in [5, 5.41) is 3.40. The van der Waals surface area contributed by atoms with Crippen molar-refractivity contribution in [3.63, 3.8) is 0 Å². The van der Waals surface area contributed by atoms with Crippen LogP contribution in [0.3, 0.4) is 0 Å². The Bertz CT molecular complexity index is 338. The largest absolute Gasteiger partial charge is 0.475 e. The van der Waals surface area contributed by atoms with Crippen molar-refractivity contribution in [2.45, 2.75) is 32.5 Å². The maximum atomic E-state index is 5.65. The Morgan fingerprint density at radius 2 is 2.38 bits per heavy atom. The van der Waals surface area contributed by atoms with Crippen molar-refractivity contribution < 1.29 is 9.47 Å². The van der Waals surface area contributed by atoms with Gasteiger partial charge >= 0.3 is 0 Å². The molecule has 4 nitrogen and oxygen atoms in total. The third kappa shape index (κ3) is 2.93. The maximum Gasteiger partial charge on any atom is 0.218 e. The fourth-order valence-corrected chi connectivity index (χ4v) is 1.50. The lowest BCUT2D eigenvalue weighted by Crippen LogP contribution is -2.45. The molecule has 1 aromatic rings. The highest BCUT2D eigenvalue weighted by molar-refractivity contribution is 5.25. The number of pyridine rings is 1. The molecule has 1 aliphatic heterocycles. The van der Waals surface area contributed by atoms with Crippen LogP contribution in [0.5, 0.6) is 5.88 Å². The van der Waals surface area contributed by atoms with Crippen LogP contribution in [0, 0.1) is 0 Å². The van der Waals surface area contributed by atoms with Gasteiger partial charge < -0.3 is 14.8 Å². The van der Waals surface area contributed by atoms with E-state index in [1.165, 1.54) is 0 Å². The average molecular weight is 222 g/mol. The standard InChI is InChI=1S/C12H18N2O2/c1-9(2)16-12-10(4-3-5-13-12)6-14-11-7-15-8-11/h3-5,9,11,14H,6-8H2,1-2H3.